The molecule has 0 unspecified atom stereocenters. The SMILES string of the molecule is COC(=O)C[C@H]1CCc2cccc3c2N(C1=O)[C@H](c1nc2ccc(-c4cnc5cc(C6=CCC([C@@H]7CCCN7C(=O)[C@@H](NC(=O)OC)C(C)C)=N6)ccc5n4)cc2[nH]1)C3. The number of carbonyl (C=O) groups is 4. The number of fused-ring (bicyclic) bond motifs is 2. The number of carbonyl (C=O) groups excluding carboxylic acids is 4. The standard InChI is InChI=1S/C45H46N8O6/c1-24(2)40(51-45(57)59-4)44(56)52-18-6-9-37(52)33-17-16-30(47-33)26-12-14-31-34(19-26)46-23-36(48-31)27-13-15-32-35(20-27)50-42(49-32)38-21-28-8-5-7-25-10-11-29(22-39(54)58-3)43(55)53(38)41(25)28/h5,7-8,12-16,19-20,23-24,29,37-38,40H,6,9-11,17-18,21-22H2,1-4H3,(H,49,50)(H,51,57)/t29-,37+,38+,40+/m1/s1. The quantitative estimate of drug-likeness (QED) is 0.158. The molecule has 14 nitrogen and oxygen atoms in total. The van der Waals surface area contributed by atoms with Gasteiger partial charge >= 0.3 is 12.1 Å². The van der Waals surface area contributed by atoms with Crippen molar-refractivity contribution in [1.29, 1.82) is 0 Å². The number of aryl methyl sites for hydroxylation is 1. The number of likely N-dealkylation sites (tertiary alicyclic amines) is 1. The van der Waals surface area contributed by atoms with Gasteiger partial charge < -0.3 is 29.6 Å². The molecule has 0 bridgehead atoms. The van der Waals surface area contributed by atoms with Crippen molar-refractivity contribution in [1.82, 2.24) is 30.2 Å². The molecule has 2 N–H and O–H groups in total. The number of ether oxygens (including phenoxy) is 2. The second-order valence-electron chi connectivity index (χ2n) is 16.1. The fourth-order valence-electron chi connectivity index (χ4n) is 9.13. The highest BCUT2D eigenvalue weighted by molar-refractivity contribution is 6.03. The molecule has 0 radical (unpaired) electrons. The van der Waals surface area contributed by atoms with E-state index in [0.717, 1.165) is 74.3 Å². The van der Waals surface area contributed by atoms with Crippen LogP contribution in [0.4, 0.5) is 10.5 Å². The van der Waals surface area contributed by atoms with Crippen molar-refractivity contribution in [2.24, 2.45) is 16.8 Å². The topological polar surface area (TPSA) is 172 Å². The average Bonchev–Trinajstić information content (AvgIpc) is 4.07. The number of benzene rings is 3. The number of amides is 3. The second-order valence-corrected chi connectivity index (χ2v) is 16.1. The molecule has 14 heteroatoms. The number of hydrogen-bond acceptors (Lipinski definition) is 10. The molecule has 1 saturated heterocycles. The van der Waals surface area contributed by atoms with E-state index < -0.39 is 18.1 Å². The molecule has 4 aliphatic rings. The van der Waals surface area contributed by atoms with Crippen LogP contribution in [0.3, 0.4) is 0 Å². The van der Waals surface area contributed by atoms with Crippen LogP contribution >= 0.6 is 0 Å². The molecule has 0 saturated carbocycles. The van der Waals surface area contributed by atoms with Crippen LogP contribution in [0.15, 0.2) is 71.9 Å². The smallest absolute Gasteiger partial charge is 0.407 e. The van der Waals surface area contributed by atoms with E-state index in [2.05, 4.69) is 28.5 Å². The summed E-state index contributed by atoms with van der Waals surface area (Å²) in [5.41, 5.74) is 10.5. The van der Waals surface area contributed by atoms with Gasteiger partial charge in [0.15, 0.2) is 0 Å². The number of para-hydroxylation sites is 1. The summed E-state index contributed by atoms with van der Waals surface area (Å²) in [5, 5.41) is 2.71. The summed E-state index contributed by atoms with van der Waals surface area (Å²) in [6, 6.07) is 16.9. The van der Waals surface area contributed by atoms with Crippen LogP contribution in [0.25, 0.3) is 39.0 Å². The second kappa shape index (κ2) is 15.4. The van der Waals surface area contributed by atoms with E-state index in [4.69, 9.17) is 29.4 Å². The van der Waals surface area contributed by atoms with E-state index >= 15 is 0 Å². The van der Waals surface area contributed by atoms with Gasteiger partial charge in [-0.15, -0.1) is 0 Å². The molecule has 6 heterocycles. The zero-order valence-electron chi connectivity index (χ0n) is 33.5. The normalized spacial score (nSPS) is 20.4. The Hall–Kier alpha value is -6.44. The number of hydrogen-bond donors (Lipinski definition) is 2. The summed E-state index contributed by atoms with van der Waals surface area (Å²) >= 11 is 0. The molecular weight excluding hydrogens is 749 g/mol. The minimum Gasteiger partial charge on any atom is -0.469 e. The minimum atomic E-state index is -0.680. The monoisotopic (exact) mass is 794 g/mol. The van der Waals surface area contributed by atoms with Crippen molar-refractivity contribution in [3.05, 3.63) is 89.4 Å². The average molecular weight is 795 g/mol. The van der Waals surface area contributed by atoms with E-state index in [-0.39, 0.29) is 42.2 Å². The van der Waals surface area contributed by atoms with Crippen molar-refractivity contribution in [2.45, 2.75) is 76.9 Å². The van der Waals surface area contributed by atoms with Crippen LogP contribution < -0.4 is 10.2 Å². The van der Waals surface area contributed by atoms with Crippen molar-refractivity contribution in [3.63, 3.8) is 0 Å². The van der Waals surface area contributed by atoms with Crippen molar-refractivity contribution in [3.8, 4) is 11.3 Å². The number of nitrogens with zero attached hydrogens (tertiary/aromatic N) is 6. The fraction of sp³-hybridized carbons (Fsp3) is 0.378. The van der Waals surface area contributed by atoms with Gasteiger partial charge in [0.05, 0.1) is 78.1 Å². The maximum absolute atomic E-state index is 14.1. The molecule has 3 amide bonds. The predicted molar refractivity (Wildman–Crippen MR) is 222 cm³/mol. The number of imidazole rings is 1. The molecule has 0 spiro atoms. The summed E-state index contributed by atoms with van der Waals surface area (Å²) < 4.78 is 9.71. The van der Waals surface area contributed by atoms with Crippen molar-refractivity contribution >= 4 is 63.0 Å². The third kappa shape index (κ3) is 6.99. The van der Waals surface area contributed by atoms with Crippen LogP contribution in [0.1, 0.15) is 74.5 Å². The molecule has 1 fully saturated rings. The zero-order valence-corrected chi connectivity index (χ0v) is 33.5. The largest absolute Gasteiger partial charge is 0.469 e. The maximum Gasteiger partial charge on any atom is 0.407 e. The van der Waals surface area contributed by atoms with Crippen LogP contribution in [0.2, 0.25) is 0 Å². The van der Waals surface area contributed by atoms with Crippen molar-refractivity contribution in [2.75, 3.05) is 25.7 Å². The van der Waals surface area contributed by atoms with Gasteiger partial charge in [0, 0.05) is 42.1 Å². The van der Waals surface area contributed by atoms with E-state index in [9.17, 15) is 19.2 Å². The summed E-state index contributed by atoms with van der Waals surface area (Å²) in [5.74, 6) is -0.456. The maximum atomic E-state index is 14.1. The van der Waals surface area contributed by atoms with Crippen LogP contribution in [0, 0.1) is 11.8 Å². The molecule has 302 valence electrons. The van der Waals surface area contributed by atoms with Crippen LogP contribution in [-0.4, -0.2) is 87.3 Å². The van der Waals surface area contributed by atoms with Gasteiger partial charge in [-0.2, -0.15) is 0 Å². The summed E-state index contributed by atoms with van der Waals surface area (Å²) in [7, 11) is 2.65. The molecule has 2 aromatic heterocycles. The van der Waals surface area contributed by atoms with Gasteiger partial charge in [-0.25, -0.2) is 14.8 Å². The van der Waals surface area contributed by atoms with Crippen LogP contribution in [-0.2, 0) is 36.7 Å². The van der Waals surface area contributed by atoms with E-state index in [1.807, 2.05) is 66.1 Å². The lowest BCUT2D eigenvalue weighted by molar-refractivity contribution is -0.144. The lowest BCUT2D eigenvalue weighted by Crippen LogP contribution is -2.53. The Bertz CT molecular complexity index is 2600. The number of allylic oxidation sites excluding steroid dienone is 1. The highest BCUT2D eigenvalue weighted by Crippen LogP contribution is 2.46. The lowest BCUT2D eigenvalue weighted by Gasteiger charge is -2.30. The Morgan fingerprint density at radius 2 is 1.75 bits per heavy atom. The van der Waals surface area contributed by atoms with Gasteiger partial charge in [-0.05, 0) is 67.0 Å². The van der Waals surface area contributed by atoms with Gasteiger partial charge in [-0.1, -0.05) is 50.3 Å². The summed E-state index contributed by atoms with van der Waals surface area (Å²) in [6.07, 6.45) is 7.54. The van der Waals surface area contributed by atoms with E-state index in [0.29, 0.717) is 43.7 Å². The lowest BCUT2D eigenvalue weighted by atomic mass is 9.95. The molecule has 3 aromatic carbocycles. The minimum absolute atomic E-state index is 0.0494. The fourth-order valence-corrected chi connectivity index (χ4v) is 9.13. The summed E-state index contributed by atoms with van der Waals surface area (Å²) in [4.78, 5) is 79.0. The third-order valence-corrected chi connectivity index (χ3v) is 12.2. The van der Waals surface area contributed by atoms with Gasteiger partial charge in [0.1, 0.15) is 11.9 Å². The Morgan fingerprint density at radius 3 is 2.56 bits per heavy atom. The first-order chi connectivity index (χ1) is 28.6. The van der Waals surface area contributed by atoms with E-state index in [1.165, 1.54) is 14.2 Å². The Balaban J connectivity index is 0.933. The molecule has 9 rings (SSSR count). The highest BCUT2D eigenvalue weighted by Gasteiger charge is 2.43. The molecule has 59 heavy (non-hydrogen) atoms. The van der Waals surface area contributed by atoms with Crippen molar-refractivity contribution < 1.29 is 28.7 Å². The first-order valence-electron chi connectivity index (χ1n) is 20.3. The molecule has 4 aliphatic heterocycles. The third-order valence-electron chi connectivity index (χ3n) is 12.2. The first-order valence-corrected chi connectivity index (χ1v) is 20.3. The van der Waals surface area contributed by atoms with Gasteiger partial charge in [0.2, 0.25) is 11.8 Å². The Morgan fingerprint density at radius 1 is 0.932 bits per heavy atom. The number of aromatic amines is 1. The van der Waals surface area contributed by atoms with Crippen LogP contribution in [0.5, 0.6) is 0 Å². The number of methoxy groups -OCH3 is 2. The molecule has 5 aromatic rings. The van der Waals surface area contributed by atoms with E-state index in [1.54, 1.807) is 6.20 Å². The Labute approximate surface area is 341 Å². The number of aliphatic imine (C=N–C) groups is 1. The number of nitrogens with one attached hydrogen (secondary N) is 2. The number of rotatable bonds is 9. The molecule has 4 atom stereocenters. The molecule has 0 aliphatic carbocycles. The highest BCUT2D eigenvalue weighted by atomic mass is 16.5. The zero-order chi connectivity index (χ0) is 40.9. The van der Waals surface area contributed by atoms with Gasteiger partial charge in [0.25, 0.3) is 0 Å². The predicted octanol–water partition coefficient (Wildman–Crippen LogP) is 6.49. The number of aromatic nitrogens is 4. The summed E-state index contributed by atoms with van der Waals surface area (Å²) in [6.45, 7) is 4.43. The number of alkyl carbamates (subject to hydrolysis) is 1. The number of H-pyrrole nitrogens is 1. The first kappa shape index (κ1) is 38.1. The number of anilines is 1. The molecular formula is C45H46N8O6. The van der Waals surface area contributed by atoms with Gasteiger partial charge in [-0.3, -0.25) is 24.4 Å². The Kier molecular flexibility index (Phi) is 9.93. The number of esters is 1.